The molecule has 2 heterocycles. The van der Waals surface area contributed by atoms with Crippen molar-refractivity contribution in [3.05, 3.63) is 34.9 Å². The predicted molar refractivity (Wildman–Crippen MR) is 97.4 cm³/mol. The Kier molecular flexibility index (Phi) is 5.98. The highest BCUT2D eigenvalue weighted by Crippen LogP contribution is 2.51. The van der Waals surface area contributed by atoms with Gasteiger partial charge in [0.15, 0.2) is 0 Å². The topological polar surface area (TPSA) is 52.7 Å². The molecule has 1 amide bonds. The summed E-state index contributed by atoms with van der Waals surface area (Å²) in [6.45, 7) is 3.15. The molecule has 1 N–H and O–H groups in total. The normalized spacial score (nSPS) is 20.7. The van der Waals surface area contributed by atoms with Crippen LogP contribution in [0.2, 0.25) is 5.02 Å². The number of carbonyl (C=O) groups excluding carboxylic acids is 1. The molecular weight excluding hydrogens is 345 g/mol. The summed E-state index contributed by atoms with van der Waals surface area (Å²) in [4.78, 5) is 12.7. The second-order valence-corrected chi connectivity index (χ2v) is 9.40. The molecule has 0 spiro atoms. The lowest BCUT2D eigenvalue weighted by molar-refractivity contribution is 0.0972. The third-order valence-electron chi connectivity index (χ3n) is 4.79. The number of benzene rings is 1. The van der Waals surface area contributed by atoms with Crippen LogP contribution in [0.5, 0.6) is 0 Å². The monoisotopic (exact) mass is 369 g/mol. The van der Waals surface area contributed by atoms with Gasteiger partial charge in [-0.3, -0.25) is 14.4 Å². The van der Waals surface area contributed by atoms with E-state index in [0.717, 1.165) is 51.9 Å². The molecule has 0 aromatic heterocycles. The van der Waals surface area contributed by atoms with Gasteiger partial charge in [-0.2, -0.15) is 0 Å². The van der Waals surface area contributed by atoms with E-state index in [2.05, 4.69) is 5.09 Å². The molecule has 2 aliphatic rings. The Morgan fingerprint density at radius 1 is 0.875 bits per heavy atom. The zero-order valence-electron chi connectivity index (χ0n) is 13.9. The van der Waals surface area contributed by atoms with E-state index in [4.69, 9.17) is 11.6 Å². The van der Waals surface area contributed by atoms with Crippen LogP contribution in [0, 0.1) is 0 Å². The van der Waals surface area contributed by atoms with Crippen LogP contribution in [-0.2, 0) is 4.57 Å². The average Bonchev–Trinajstić information content (AvgIpc) is 2.63. The van der Waals surface area contributed by atoms with Gasteiger partial charge in [-0.25, -0.2) is 9.34 Å². The average molecular weight is 370 g/mol. The van der Waals surface area contributed by atoms with Crippen LogP contribution in [0.4, 0.5) is 0 Å². The fourth-order valence-corrected chi connectivity index (χ4v) is 6.23. The van der Waals surface area contributed by atoms with Gasteiger partial charge >= 0.3 is 7.59 Å². The molecule has 132 valence electrons. The van der Waals surface area contributed by atoms with Crippen LogP contribution in [0.25, 0.3) is 0 Å². The first kappa shape index (κ1) is 17.9. The lowest BCUT2D eigenvalue weighted by Crippen LogP contribution is -2.44. The molecule has 2 fully saturated rings. The molecule has 3 rings (SSSR count). The Bertz CT molecular complexity index is 589. The Balaban J connectivity index is 1.81. The van der Waals surface area contributed by atoms with Gasteiger partial charge < -0.3 is 0 Å². The van der Waals surface area contributed by atoms with Crippen molar-refractivity contribution >= 4 is 25.1 Å². The van der Waals surface area contributed by atoms with Crippen molar-refractivity contribution in [3.8, 4) is 0 Å². The number of rotatable bonds is 4. The van der Waals surface area contributed by atoms with E-state index >= 15 is 0 Å². The molecule has 0 atom stereocenters. The summed E-state index contributed by atoms with van der Waals surface area (Å²) in [7, 11) is -3.07. The highest BCUT2D eigenvalue weighted by molar-refractivity contribution is 7.57. The predicted octanol–water partition coefficient (Wildman–Crippen LogP) is 4.15. The van der Waals surface area contributed by atoms with Crippen molar-refractivity contribution < 1.29 is 9.36 Å². The first-order valence-corrected chi connectivity index (χ1v) is 10.8. The molecule has 0 saturated carbocycles. The molecule has 1 aromatic carbocycles. The highest BCUT2D eigenvalue weighted by Gasteiger charge is 2.40. The van der Waals surface area contributed by atoms with E-state index < -0.39 is 7.59 Å². The highest BCUT2D eigenvalue weighted by atomic mass is 35.5. The van der Waals surface area contributed by atoms with E-state index in [9.17, 15) is 9.36 Å². The first-order valence-electron chi connectivity index (χ1n) is 8.79. The summed E-state index contributed by atoms with van der Waals surface area (Å²) in [5.74, 6) is -0.286. The molecule has 0 unspecified atom stereocenters. The summed E-state index contributed by atoms with van der Waals surface area (Å²) in [6.07, 6.45) is 6.48. The van der Waals surface area contributed by atoms with Crippen LogP contribution < -0.4 is 5.09 Å². The Hall–Kier alpha value is -0.870. The maximum atomic E-state index is 13.9. The molecule has 1 aromatic rings. The second-order valence-electron chi connectivity index (χ2n) is 6.52. The standard InChI is InChI=1S/C17H25ClN3O2P/c18-16-9-7-15(8-10-16)17(22)19-24(23,20-11-3-1-4-12-20)21-13-5-2-6-14-21/h7-10H,1-6,11-14H2,(H,19,22,23). The number of halogens is 1. The third kappa shape index (κ3) is 4.02. The Morgan fingerprint density at radius 2 is 1.33 bits per heavy atom. The molecule has 2 aliphatic heterocycles. The van der Waals surface area contributed by atoms with Gasteiger partial charge in [0.2, 0.25) is 0 Å². The number of nitrogens with one attached hydrogen (secondary N) is 1. The molecule has 2 saturated heterocycles. The largest absolute Gasteiger partial charge is 0.311 e. The number of hydrogen-bond acceptors (Lipinski definition) is 2. The number of amides is 1. The Labute approximate surface area is 148 Å². The number of nitrogens with zero attached hydrogens (tertiary/aromatic N) is 2. The number of carbonyl (C=O) groups is 1. The van der Waals surface area contributed by atoms with Crippen molar-refractivity contribution in [2.45, 2.75) is 38.5 Å². The fraction of sp³-hybridized carbons (Fsp3) is 0.588. The molecule has 0 aliphatic carbocycles. The van der Waals surface area contributed by atoms with Gasteiger partial charge in [0.1, 0.15) is 0 Å². The van der Waals surface area contributed by atoms with Crippen molar-refractivity contribution in [1.82, 2.24) is 14.4 Å². The summed E-state index contributed by atoms with van der Waals surface area (Å²) in [5.41, 5.74) is 0.494. The molecule has 5 nitrogen and oxygen atoms in total. The second kappa shape index (κ2) is 8.01. The van der Waals surface area contributed by atoms with E-state index in [0.29, 0.717) is 10.6 Å². The third-order valence-corrected chi connectivity index (χ3v) is 7.87. The van der Waals surface area contributed by atoms with E-state index in [-0.39, 0.29) is 5.91 Å². The summed E-state index contributed by atoms with van der Waals surface area (Å²) >= 11 is 5.89. The number of hydrogen-bond donors (Lipinski definition) is 1. The molecule has 24 heavy (non-hydrogen) atoms. The summed E-state index contributed by atoms with van der Waals surface area (Å²) < 4.78 is 17.9. The Morgan fingerprint density at radius 3 is 1.79 bits per heavy atom. The molecule has 0 radical (unpaired) electrons. The van der Waals surface area contributed by atoms with E-state index in [1.54, 1.807) is 24.3 Å². The minimum atomic E-state index is -3.07. The van der Waals surface area contributed by atoms with Crippen molar-refractivity contribution in [2.75, 3.05) is 26.2 Å². The van der Waals surface area contributed by atoms with Gasteiger partial charge in [-0.1, -0.05) is 24.4 Å². The zero-order chi connectivity index (χ0) is 17.0. The summed E-state index contributed by atoms with van der Waals surface area (Å²) in [5, 5.41) is 3.48. The van der Waals surface area contributed by atoms with Gasteiger partial charge in [0.05, 0.1) is 0 Å². The molecule has 0 bridgehead atoms. The van der Waals surface area contributed by atoms with Crippen molar-refractivity contribution in [2.24, 2.45) is 0 Å². The first-order chi connectivity index (χ1) is 11.6. The van der Waals surface area contributed by atoms with Crippen LogP contribution >= 0.6 is 19.2 Å². The number of piperidine rings is 2. The summed E-state index contributed by atoms with van der Waals surface area (Å²) in [6, 6.07) is 6.72. The van der Waals surface area contributed by atoms with Gasteiger partial charge in [0.25, 0.3) is 5.91 Å². The minimum absolute atomic E-state index is 0.286. The SMILES string of the molecule is O=C(NP(=O)(N1CCCCC1)N1CCCCC1)c1ccc(Cl)cc1. The smallest absolute Gasteiger partial charge is 0.279 e. The van der Waals surface area contributed by atoms with Crippen LogP contribution in [-0.4, -0.2) is 41.4 Å². The van der Waals surface area contributed by atoms with Crippen molar-refractivity contribution in [1.29, 1.82) is 0 Å². The van der Waals surface area contributed by atoms with Gasteiger partial charge in [0, 0.05) is 36.8 Å². The van der Waals surface area contributed by atoms with Crippen LogP contribution in [0.3, 0.4) is 0 Å². The minimum Gasteiger partial charge on any atom is -0.279 e. The van der Waals surface area contributed by atoms with Crippen molar-refractivity contribution in [3.63, 3.8) is 0 Å². The van der Waals surface area contributed by atoms with E-state index in [1.165, 1.54) is 12.8 Å². The quantitative estimate of drug-likeness (QED) is 0.810. The van der Waals surface area contributed by atoms with Gasteiger partial charge in [-0.05, 0) is 49.9 Å². The van der Waals surface area contributed by atoms with Crippen LogP contribution in [0.1, 0.15) is 48.9 Å². The molecular formula is C17H25ClN3O2P. The lowest BCUT2D eigenvalue weighted by Gasteiger charge is -2.42. The van der Waals surface area contributed by atoms with Crippen LogP contribution in [0.15, 0.2) is 24.3 Å². The van der Waals surface area contributed by atoms with E-state index in [1.807, 2.05) is 9.34 Å². The maximum Gasteiger partial charge on any atom is 0.311 e. The fourth-order valence-electron chi connectivity index (χ4n) is 3.42. The van der Waals surface area contributed by atoms with Gasteiger partial charge in [-0.15, -0.1) is 0 Å². The maximum absolute atomic E-state index is 13.9. The zero-order valence-corrected chi connectivity index (χ0v) is 15.6. The molecule has 7 heteroatoms. The lowest BCUT2D eigenvalue weighted by atomic mass is 10.2.